The molecule has 1 aromatic rings. The smallest absolute Gasteiger partial charge is 0.241 e. The van der Waals surface area contributed by atoms with Crippen LogP contribution in [-0.2, 0) is 14.8 Å². The first kappa shape index (κ1) is 19.6. The molecule has 23 heavy (non-hydrogen) atoms. The summed E-state index contributed by atoms with van der Waals surface area (Å²) in [6.45, 7) is 10.5. The number of rotatable bonds is 5. The summed E-state index contributed by atoms with van der Waals surface area (Å²) in [4.78, 5) is 12.2. The Kier molecular flexibility index (Phi) is 5.95. The first-order chi connectivity index (χ1) is 10.3. The number of hydrogen-bond donors (Lipinski definition) is 3. The van der Waals surface area contributed by atoms with Gasteiger partial charge in [-0.3, -0.25) is 4.79 Å². The van der Waals surface area contributed by atoms with Gasteiger partial charge in [0.1, 0.15) is 0 Å². The second-order valence-corrected chi connectivity index (χ2v) is 8.62. The van der Waals surface area contributed by atoms with Crippen LogP contribution in [0.5, 0.6) is 0 Å². The second-order valence-electron chi connectivity index (χ2n) is 6.97. The summed E-state index contributed by atoms with van der Waals surface area (Å²) in [5, 5.41) is 2.71. The maximum Gasteiger partial charge on any atom is 0.241 e. The van der Waals surface area contributed by atoms with Crippen molar-refractivity contribution in [3.05, 3.63) is 23.8 Å². The molecule has 1 aromatic carbocycles. The molecule has 0 saturated heterocycles. The Balaban J connectivity index is 3.12. The second kappa shape index (κ2) is 6.98. The molecule has 0 aliphatic rings. The van der Waals surface area contributed by atoms with Crippen molar-refractivity contribution in [2.75, 3.05) is 5.32 Å². The van der Waals surface area contributed by atoms with Gasteiger partial charge in [-0.1, -0.05) is 13.0 Å². The largest absolute Gasteiger partial charge is 0.327 e. The van der Waals surface area contributed by atoms with Gasteiger partial charge < -0.3 is 11.1 Å². The number of nitrogens with one attached hydrogen (secondary N) is 2. The lowest BCUT2D eigenvalue weighted by atomic mass is 10.0. The van der Waals surface area contributed by atoms with Crippen molar-refractivity contribution < 1.29 is 13.2 Å². The van der Waals surface area contributed by atoms with Crippen LogP contribution >= 0.6 is 0 Å². The van der Waals surface area contributed by atoms with E-state index in [1.54, 1.807) is 53.7 Å². The molecule has 2 unspecified atom stereocenters. The Bertz CT molecular complexity index is 676. The fourth-order valence-electron chi connectivity index (χ4n) is 1.92. The zero-order valence-corrected chi connectivity index (χ0v) is 15.4. The molecule has 1 amide bonds. The molecule has 7 heteroatoms. The predicted octanol–water partition coefficient (Wildman–Crippen LogP) is 1.99. The summed E-state index contributed by atoms with van der Waals surface area (Å²) in [7, 11) is -3.67. The van der Waals surface area contributed by atoms with Gasteiger partial charge in [-0.15, -0.1) is 0 Å². The van der Waals surface area contributed by atoms with Crippen molar-refractivity contribution in [2.45, 2.75) is 58.0 Å². The summed E-state index contributed by atoms with van der Waals surface area (Å²) in [6.07, 6.45) is 0. The molecular weight excluding hydrogens is 314 g/mol. The Morgan fingerprint density at radius 1 is 1.22 bits per heavy atom. The molecule has 4 N–H and O–H groups in total. The standard InChI is InChI=1S/C16H27N3O3S/c1-10-7-8-13(18-15(20)11(2)12(3)17)9-14(10)23(21,22)19-16(4,5)6/h7-9,11-12,19H,17H2,1-6H3,(H,18,20). The Morgan fingerprint density at radius 3 is 2.26 bits per heavy atom. The molecule has 0 aliphatic carbocycles. The van der Waals surface area contributed by atoms with Gasteiger partial charge in [0.25, 0.3) is 0 Å². The highest BCUT2D eigenvalue weighted by atomic mass is 32.2. The quantitative estimate of drug-likeness (QED) is 0.762. The van der Waals surface area contributed by atoms with Gasteiger partial charge in [0.05, 0.1) is 10.8 Å². The summed E-state index contributed by atoms with van der Waals surface area (Å²) >= 11 is 0. The predicted molar refractivity (Wildman–Crippen MR) is 92.7 cm³/mol. The maximum atomic E-state index is 12.5. The molecule has 0 spiro atoms. The molecule has 0 fully saturated rings. The van der Waals surface area contributed by atoms with Crippen LogP contribution < -0.4 is 15.8 Å². The average Bonchev–Trinajstić information content (AvgIpc) is 2.36. The first-order valence-corrected chi connectivity index (χ1v) is 9.03. The number of hydrogen-bond acceptors (Lipinski definition) is 4. The third-order valence-corrected chi connectivity index (χ3v) is 5.29. The van der Waals surface area contributed by atoms with Crippen molar-refractivity contribution in [3.8, 4) is 0 Å². The van der Waals surface area contributed by atoms with Gasteiger partial charge >= 0.3 is 0 Å². The van der Waals surface area contributed by atoms with Crippen molar-refractivity contribution in [1.29, 1.82) is 0 Å². The lowest BCUT2D eigenvalue weighted by Gasteiger charge is -2.22. The first-order valence-electron chi connectivity index (χ1n) is 7.54. The molecule has 130 valence electrons. The Labute approximate surface area is 138 Å². The minimum absolute atomic E-state index is 0.152. The summed E-state index contributed by atoms with van der Waals surface area (Å²) in [6, 6.07) is 4.53. The minimum Gasteiger partial charge on any atom is -0.327 e. The van der Waals surface area contributed by atoms with Crippen LogP contribution in [-0.4, -0.2) is 25.9 Å². The van der Waals surface area contributed by atoms with Crippen LogP contribution in [0.2, 0.25) is 0 Å². The monoisotopic (exact) mass is 341 g/mol. The molecule has 0 aliphatic heterocycles. The highest BCUT2D eigenvalue weighted by Gasteiger charge is 2.24. The number of amides is 1. The lowest BCUT2D eigenvalue weighted by molar-refractivity contribution is -0.119. The zero-order valence-electron chi connectivity index (χ0n) is 14.6. The third kappa shape index (κ3) is 5.60. The molecular formula is C16H27N3O3S. The number of carbonyl (C=O) groups is 1. The molecule has 1 rings (SSSR count). The third-order valence-electron chi connectivity index (χ3n) is 3.39. The van der Waals surface area contributed by atoms with E-state index in [-0.39, 0.29) is 22.8 Å². The number of carbonyl (C=O) groups excluding carboxylic acids is 1. The number of sulfonamides is 1. The zero-order chi connectivity index (χ0) is 18.0. The molecule has 0 saturated carbocycles. The van der Waals surface area contributed by atoms with Crippen LogP contribution in [0.1, 0.15) is 40.2 Å². The van der Waals surface area contributed by atoms with Gasteiger partial charge in [0.15, 0.2) is 0 Å². The average molecular weight is 341 g/mol. The van der Waals surface area contributed by atoms with E-state index in [4.69, 9.17) is 5.73 Å². The highest BCUT2D eigenvalue weighted by Crippen LogP contribution is 2.22. The Morgan fingerprint density at radius 2 is 1.78 bits per heavy atom. The van der Waals surface area contributed by atoms with Crippen LogP contribution in [0, 0.1) is 12.8 Å². The van der Waals surface area contributed by atoms with Gasteiger partial charge in [0, 0.05) is 17.3 Å². The van der Waals surface area contributed by atoms with Crippen LogP contribution in [0.4, 0.5) is 5.69 Å². The van der Waals surface area contributed by atoms with Crippen molar-refractivity contribution >= 4 is 21.6 Å². The van der Waals surface area contributed by atoms with E-state index in [9.17, 15) is 13.2 Å². The van der Waals surface area contributed by atoms with Gasteiger partial charge in [-0.25, -0.2) is 13.1 Å². The lowest BCUT2D eigenvalue weighted by Crippen LogP contribution is -2.40. The normalized spacial score (nSPS) is 15.1. The number of anilines is 1. The van der Waals surface area contributed by atoms with Crippen LogP contribution in [0.3, 0.4) is 0 Å². The van der Waals surface area contributed by atoms with Crippen molar-refractivity contribution in [2.24, 2.45) is 11.7 Å². The molecule has 2 atom stereocenters. The van der Waals surface area contributed by atoms with Crippen LogP contribution in [0.15, 0.2) is 23.1 Å². The van der Waals surface area contributed by atoms with E-state index in [1.165, 1.54) is 6.07 Å². The SMILES string of the molecule is Cc1ccc(NC(=O)C(C)C(C)N)cc1S(=O)(=O)NC(C)(C)C. The molecule has 0 radical (unpaired) electrons. The Hall–Kier alpha value is -1.44. The van der Waals surface area contributed by atoms with Gasteiger partial charge in [0.2, 0.25) is 15.9 Å². The summed E-state index contributed by atoms with van der Waals surface area (Å²) in [5.41, 5.74) is 6.17. The number of aryl methyl sites for hydroxylation is 1. The van der Waals surface area contributed by atoms with Crippen molar-refractivity contribution in [1.82, 2.24) is 4.72 Å². The molecule has 0 aromatic heterocycles. The summed E-state index contributed by atoms with van der Waals surface area (Å²) < 4.78 is 27.6. The topological polar surface area (TPSA) is 101 Å². The molecule has 0 bridgehead atoms. The molecule has 6 nitrogen and oxygen atoms in total. The van der Waals surface area contributed by atoms with Crippen molar-refractivity contribution in [3.63, 3.8) is 0 Å². The molecule has 0 heterocycles. The van der Waals surface area contributed by atoms with E-state index < -0.39 is 15.6 Å². The van der Waals surface area contributed by atoms with Crippen LogP contribution in [0.25, 0.3) is 0 Å². The van der Waals surface area contributed by atoms with Gasteiger partial charge in [-0.2, -0.15) is 0 Å². The fraction of sp³-hybridized carbons (Fsp3) is 0.562. The van der Waals surface area contributed by atoms with E-state index in [0.717, 1.165) is 0 Å². The van der Waals surface area contributed by atoms with Gasteiger partial charge in [-0.05, 0) is 52.3 Å². The number of benzene rings is 1. The minimum atomic E-state index is -3.67. The highest BCUT2D eigenvalue weighted by molar-refractivity contribution is 7.89. The van der Waals surface area contributed by atoms with E-state index in [0.29, 0.717) is 11.3 Å². The number of nitrogens with two attached hydrogens (primary N) is 1. The van der Waals surface area contributed by atoms with E-state index in [1.807, 2.05) is 0 Å². The van der Waals surface area contributed by atoms with E-state index in [2.05, 4.69) is 10.0 Å². The van der Waals surface area contributed by atoms with E-state index >= 15 is 0 Å². The maximum absolute atomic E-state index is 12.5. The fourth-order valence-corrected chi connectivity index (χ4v) is 3.61. The summed E-state index contributed by atoms with van der Waals surface area (Å²) in [5.74, 6) is -0.611.